The number of unbranched alkanes of at least 4 members (excludes halogenated alkanes) is 2. The Bertz CT molecular complexity index is 418. The monoisotopic (exact) mass is 355 g/mol. The van der Waals surface area contributed by atoms with Crippen LogP contribution >= 0.6 is 15.9 Å². The van der Waals surface area contributed by atoms with E-state index in [0.717, 1.165) is 23.4 Å². The fourth-order valence-electron chi connectivity index (χ4n) is 2.32. The molecule has 0 bridgehead atoms. The molecule has 0 amide bonds. The number of rotatable bonds is 9. The highest BCUT2D eigenvalue weighted by molar-refractivity contribution is 9.10. The highest BCUT2D eigenvalue weighted by Crippen LogP contribution is 2.24. The number of anilines is 1. The van der Waals surface area contributed by atoms with Crippen molar-refractivity contribution in [1.82, 2.24) is 10.3 Å². The van der Waals surface area contributed by atoms with E-state index < -0.39 is 0 Å². The summed E-state index contributed by atoms with van der Waals surface area (Å²) in [5.74, 6) is 1.12. The quantitative estimate of drug-likeness (QED) is 0.648. The van der Waals surface area contributed by atoms with Gasteiger partial charge >= 0.3 is 0 Å². The lowest BCUT2D eigenvalue weighted by Gasteiger charge is -2.30. The summed E-state index contributed by atoms with van der Waals surface area (Å²) in [5, 5.41) is 3.50. The first kappa shape index (κ1) is 18.4. The van der Waals surface area contributed by atoms with Crippen LogP contribution in [0.3, 0.4) is 0 Å². The van der Waals surface area contributed by atoms with Gasteiger partial charge in [0.15, 0.2) is 0 Å². The Morgan fingerprint density at radius 1 is 1.24 bits per heavy atom. The molecule has 0 aliphatic rings. The number of nitrogens with zero attached hydrogens (tertiary/aromatic N) is 2. The van der Waals surface area contributed by atoms with Crippen LogP contribution < -0.4 is 10.2 Å². The maximum absolute atomic E-state index is 4.70. The molecule has 0 spiro atoms. The molecule has 4 heteroatoms. The van der Waals surface area contributed by atoms with Gasteiger partial charge in [0.25, 0.3) is 0 Å². The van der Waals surface area contributed by atoms with Gasteiger partial charge in [-0.2, -0.15) is 0 Å². The second-order valence-electron chi connectivity index (χ2n) is 6.17. The molecule has 1 heterocycles. The van der Waals surface area contributed by atoms with Crippen molar-refractivity contribution in [2.45, 2.75) is 72.5 Å². The van der Waals surface area contributed by atoms with E-state index in [1.165, 1.54) is 24.8 Å². The SMILES string of the molecule is CCCCCN(c1ncc(Br)cc1CNC(C)C)C(C)C. The zero-order valence-corrected chi connectivity index (χ0v) is 15.7. The summed E-state index contributed by atoms with van der Waals surface area (Å²) in [4.78, 5) is 7.13. The summed E-state index contributed by atoms with van der Waals surface area (Å²) in [5.41, 5.74) is 1.27. The first-order valence-corrected chi connectivity index (χ1v) is 8.89. The van der Waals surface area contributed by atoms with Crippen molar-refractivity contribution in [3.63, 3.8) is 0 Å². The number of hydrogen-bond donors (Lipinski definition) is 1. The van der Waals surface area contributed by atoms with E-state index in [0.29, 0.717) is 12.1 Å². The Morgan fingerprint density at radius 2 is 1.95 bits per heavy atom. The maximum atomic E-state index is 4.70. The van der Waals surface area contributed by atoms with Gasteiger partial charge in [-0.05, 0) is 42.3 Å². The van der Waals surface area contributed by atoms with Crippen molar-refractivity contribution in [2.24, 2.45) is 0 Å². The lowest BCUT2D eigenvalue weighted by molar-refractivity contribution is 0.578. The first-order chi connectivity index (χ1) is 9.95. The lowest BCUT2D eigenvalue weighted by Crippen LogP contribution is -2.34. The Morgan fingerprint density at radius 3 is 2.52 bits per heavy atom. The van der Waals surface area contributed by atoms with E-state index in [-0.39, 0.29) is 0 Å². The fourth-order valence-corrected chi connectivity index (χ4v) is 2.70. The molecule has 0 fully saturated rings. The minimum atomic E-state index is 0.466. The largest absolute Gasteiger partial charge is 0.354 e. The predicted molar refractivity (Wildman–Crippen MR) is 95.9 cm³/mol. The molecule has 0 aliphatic heterocycles. The van der Waals surface area contributed by atoms with Crippen LogP contribution in [0.4, 0.5) is 5.82 Å². The van der Waals surface area contributed by atoms with E-state index >= 15 is 0 Å². The number of nitrogens with one attached hydrogen (secondary N) is 1. The number of halogens is 1. The third-order valence-corrected chi connectivity index (χ3v) is 3.94. The summed E-state index contributed by atoms with van der Waals surface area (Å²) >= 11 is 3.54. The van der Waals surface area contributed by atoms with Crippen molar-refractivity contribution in [1.29, 1.82) is 0 Å². The lowest BCUT2D eigenvalue weighted by atomic mass is 10.1. The van der Waals surface area contributed by atoms with Gasteiger partial charge in [0.05, 0.1) is 0 Å². The Kier molecular flexibility index (Phi) is 8.27. The van der Waals surface area contributed by atoms with Crippen LogP contribution in [0.15, 0.2) is 16.7 Å². The summed E-state index contributed by atoms with van der Waals surface area (Å²) in [6.45, 7) is 13.0. The molecule has 3 nitrogen and oxygen atoms in total. The van der Waals surface area contributed by atoms with Gasteiger partial charge in [-0.25, -0.2) is 4.98 Å². The molecule has 0 atom stereocenters. The van der Waals surface area contributed by atoms with E-state index in [4.69, 9.17) is 4.98 Å². The third-order valence-electron chi connectivity index (χ3n) is 3.51. The van der Waals surface area contributed by atoms with Gasteiger partial charge in [-0.15, -0.1) is 0 Å². The molecule has 1 aromatic rings. The van der Waals surface area contributed by atoms with Crippen molar-refractivity contribution in [3.8, 4) is 0 Å². The van der Waals surface area contributed by atoms with E-state index in [1.807, 2.05) is 6.20 Å². The van der Waals surface area contributed by atoms with Gasteiger partial charge in [0.1, 0.15) is 5.82 Å². The van der Waals surface area contributed by atoms with Crippen LogP contribution in [0.5, 0.6) is 0 Å². The van der Waals surface area contributed by atoms with E-state index in [2.05, 4.69) is 66.8 Å². The van der Waals surface area contributed by atoms with Gasteiger partial charge in [0, 0.05) is 41.4 Å². The van der Waals surface area contributed by atoms with Crippen LogP contribution in [0.1, 0.15) is 59.4 Å². The van der Waals surface area contributed by atoms with Crippen LogP contribution in [0.25, 0.3) is 0 Å². The first-order valence-electron chi connectivity index (χ1n) is 8.10. The van der Waals surface area contributed by atoms with Crippen molar-refractivity contribution >= 4 is 21.7 Å². The molecule has 0 aliphatic carbocycles. The second kappa shape index (κ2) is 9.42. The smallest absolute Gasteiger partial charge is 0.133 e. The molecule has 1 rings (SSSR count). The van der Waals surface area contributed by atoms with Crippen LogP contribution in [-0.4, -0.2) is 23.6 Å². The molecule has 0 aromatic carbocycles. The molecule has 120 valence electrons. The normalized spacial score (nSPS) is 11.4. The van der Waals surface area contributed by atoms with Gasteiger partial charge in [-0.3, -0.25) is 0 Å². The van der Waals surface area contributed by atoms with E-state index in [1.54, 1.807) is 0 Å². The number of pyridine rings is 1. The molecule has 1 N–H and O–H groups in total. The molecular weight excluding hydrogens is 326 g/mol. The summed E-state index contributed by atoms with van der Waals surface area (Å²) < 4.78 is 1.05. The van der Waals surface area contributed by atoms with Crippen molar-refractivity contribution < 1.29 is 0 Å². The number of hydrogen-bond acceptors (Lipinski definition) is 3. The van der Waals surface area contributed by atoms with Crippen LogP contribution in [0.2, 0.25) is 0 Å². The Balaban J connectivity index is 2.94. The molecule has 0 saturated carbocycles. The predicted octanol–water partition coefficient (Wildman–Crippen LogP) is 4.75. The third kappa shape index (κ3) is 6.35. The van der Waals surface area contributed by atoms with E-state index in [9.17, 15) is 0 Å². The van der Waals surface area contributed by atoms with Gasteiger partial charge in [0.2, 0.25) is 0 Å². The topological polar surface area (TPSA) is 28.2 Å². The maximum Gasteiger partial charge on any atom is 0.133 e. The van der Waals surface area contributed by atoms with Gasteiger partial charge < -0.3 is 10.2 Å². The zero-order chi connectivity index (χ0) is 15.8. The fraction of sp³-hybridized carbons (Fsp3) is 0.706. The highest BCUT2D eigenvalue weighted by atomic mass is 79.9. The van der Waals surface area contributed by atoms with Crippen molar-refractivity contribution in [3.05, 3.63) is 22.3 Å². The zero-order valence-electron chi connectivity index (χ0n) is 14.1. The molecule has 0 unspecified atom stereocenters. The van der Waals surface area contributed by atoms with Crippen molar-refractivity contribution in [2.75, 3.05) is 11.4 Å². The standard InChI is InChI=1S/C17H30BrN3/c1-6-7-8-9-21(14(4)5)17-15(11-19-13(2)3)10-16(18)12-20-17/h10,12-14,19H,6-9,11H2,1-5H3. The minimum Gasteiger partial charge on any atom is -0.354 e. The van der Waals surface area contributed by atoms with Crippen LogP contribution in [-0.2, 0) is 6.54 Å². The Hall–Kier alpha value is -0.610. The Labute approximate surface area is 138 Å². The summed E-state index contributed by atoms with van der Waals surface area (Å²) in [7, 11) is 0. The highest BCUT2D eigenvalue weighted by Gasteiger charge is 2.16. The molecule has 0 saturated heterocycles. The molecule has 0 radical (unpaired) electrons. The second-order valence-corrected chi connectivity index (χ2v) is 7.08. The average molecular weight is 356 g/mol. The van der Waals surface area contributed by atoms with Gasteiger partial charge in [-0.1, -0.05) is 33.6 Å². The summed E-state index contributed by atoms with van der Waals surface area (Å²) in [6.07, 6.45) is 5.66. The average Bonchev–Trinajstić information content (AvgIpc) is 2.42. The minimum absolute atomic E-state index is 0.466. The molecular formula is C17H30BrN3. The van der Waals surface area contributed by atoms with Crippen LogP contribution in [0, 0.1) is 0 Å². The molecule has 21 heavy (non-hydrogen) atoms. The molecule has 1 aromatic heterocycles. The number of aromatic nitrogens is 1. The summed E-state index contributed by atoms with van der Waals surface area (Å²) in [6, 6.07) is 3.13.